The van der Waals surface area contributed by atoms with Gasteiger partial charge in [0.05, 0.1) is 31.3 Å². The molecule has 314 valence electrons. The molecule has 0 spiro atoms. The molecule has 1 saturated carbocycles. The van der Waals surface area contributed by atoms with Gasteiger partial charge < -0.3 is 34.6 Å². The number of unbranched alkanes of at least 4 members (excludes halogenated alkanes) is 8. The number of hydrogen-bond donors (Lipinski definition) is 5. The number of phosphoric acid groups is 1. The maximum atomic E-state index is 12.5. The Labute approximate surface area is 330 Å². The van der Waals surface area contributed by atoms with Gasteiger partial charge in [0.15, 0.2) is 6.10 Å². The van der Waals surface area contributed by atoms with Crippen LogP contribution in [0.2, 0.25) is 0 Å². The highest BCUT2D eigenvalue weighted by Gasteiger charge is 2.39. The number of hydrogen-bond acceptors (Lipinski definition) is 9. The normalized spacial score (nSPS) is 20.6. The molecule has 0 heterocycles. The Kier molecular flexibility index (Phi) is 29.7. The van der Waals surface area contributed by atoms with Crippen LogP contribution in [0.5, 0.6) is 0 Å². The van der Waals surface area contributed by atoms with Crippen LogP contribution in [0.4, 0.5) is 0 Å². The van der Waals surface area contributed by atoms with E-state index in [2.05, 4.69) is 67.0 Å². The molecule has 5 N–H and O–H groups in total. The predicted molar refractivity (Wildman–Crippen MR) is 218 cm³/mol. The highest BCUT2D eigenvalue weighted by molar-refractivity contribution is 7.46. The summed E-state index contributed by atoms with van der Waals surface area (Å²) in [5.41, 5.74) is 0. The number of allylic oxidation sites excluding steroid dienone is 9. The molecule has 1 aliphatic carbocycles. The molecular formula is C43H71O11P. The number of aliphatic hydroxyl groups is 3. The number of rotatable bonds is 32. The molecule has 0 aromatic heterocycles. The molecule has 0 aliphatic heterocycles. The van der Waals surface area contributed by atoms with Crippen molar-refractivity contribution in [3.05, 3.63) is 72.9 Å². The number of ether oxygens (including phenoxy) is 2. The van der Waals surface area contributed by atoms with E-state index in [0.29, 0.717) is 19.3 Å². The third-order valence-corrected chi connectivity index (χ3v) is 9.79. The van der Waals surface area contributed by atoms with Crippen molar-refractivity contribution in [3.8, 4) is 0 Å². The quantitative estimate of drug-likeness (QED) is 0.0190. The third kappa shape index (κ3) is 28.4. The summed E-state index contributed by atoms with van der Waals surface area (Å²) in [4.78, 5) is 43.1. The lowest BCUT2D eigenvalue weighted by molar-refractivity contribution is -0.160. The number of phosphoric ester groups is 1. The monoisotopic (exact) mass is 794 g/mol. The Morgan fingerprint density at radius 1 is 0.727 bits per heavy atom. The van der Waals surface area contributed by atoms with E-state index in [4.69, 9.17) is 19.3 Å². The van der Waals surface area contributed by atoms with Crippen LogP contribution in [0.15, 0.2) is 72.9 Å². The van der Waals surface area contributed by atoms with Crippen LogP contribution >= 0.6 is 7.82 Å². The van der Waals surface area contributed by atoms with Crippen molar-refractivity contribution >= 4 is 19.8 Å². The number of aliphatic hydroxyl groups excluding tert-OH is 3. The molecule has 1 rings (SSSR count). The van der Waals surface area contributed by atoms with Gasteiger partial charge in [-0.25, -0.2) is 4.57 Å². The molecule has 0 aromatic rings. The summed E-state index contributed by atoms with van der Waals surface area (Å²) in [6, 6.07) is 0. The molecule has 0 saturated heterocycles. The molecule has 0 unspecified atom stereocenters. The van der Waals surface area contributed by atoms with Crippen molar-refractivity contribution < 1.29 is 53.3 Å². The highest BCUT2D eigenvalue weighted by Crippen LogP contribution is 2.37. The van der Waals surface area contributed by atoms with Gasteiger partial charge in [-0.15, -0.1) is 0 Å². The zero-order valence-corrected chi connectivity index (χ0v) is 34.3. The van der Waals surface area contributed by atoms with Crippen LogP contribution < -0.4 is 0 Å². The first-order valence-corrected chi connectivity index (χ1v) is 22.0. The van der Waals surface area contributed by atoms with Gasteiger partial charge in [0.25, 0.3) is 0 Å². The number of carbonyl (C=O) groups excluding carboxylic acids is 2. The van der Waals surface area contributed by atoms with Gasteiger partial charge in [0.1, 0.15) is 6.61 Å². The second-order valence-electron chi connectivity index (χ2n) is 14.2. The molecule has 11 nitrogen and oxygen atoms in total. The van der Waals surface area contributed by atoms with Crippen molar-refractivity contribution in [2.45, 2.75) is 160 Å². The van der Waals surface area contributed by atoms with E-state index in [1.165, 1.54) is 25.7 Å². The largest absolute Gasteiger partial charge is 0.469 e. The van der Waals surface area contributed by atoms with Crippen LogP contribution in [-0.4, -0.2) is 74.7 Å². The zero-order chi connectivity index (χ0) is 40.6. The summed E-state index contributed by atoms with van der Waals surface area (Å²) < 4.78 is 26.3. The standard InChI is InChI=1S/C43H71O11P/c1-3-5-7-8-9-10-11-12-13-14-15-16-17-18-19-20-21-22-24-29-42(47)52-34-37(35-53-55(49,50)51)54-43(48)30-26-25-28-38-39(41(46)33-40(38)45)32-31-36(44)27-23-6-4-2/h9-10,12-13,15-16,18-19,25-26,31-32,36-41,44-46H,3-8,11,14,17,20-24,27-30,33-35H2,1-2H3,(H2,49,50,51)/b10-9-,13-12-,16-15-,19-18-,26-25-,32-31+/t36-,37-,38+,39-,40+,41-/m1/s1. The van der Waals surface area contributed by atoms with E-state index in [1.807, 2.05) is 0 Å². The molecule has 0 bridgehead atoms. The van der Waals surface area contributed by atoms with Crippen molar-refractivity contribution in [2.75, 3.05) is 13.2 Å². The second-order valence-corrected chi connectivity index (χ2v) is 15.5. The van der Waals surface area contributed by atoms with Crippen LogP contribution in [0, 0.1) is 11.8 Å². The molecule has 1 fully saturated rings. The first kappa shape index (κ1) is 50.4. The van der Waals surface area contributed by atoms with Crippen molar-refractivity contribution in [1.29, 1.82) is 0 Å². The molecule has 0 amide bonds. The fourth-order valence-corrected chi connectivity index (χ4v) is 6.51. The Bertz CT molecular complexity index is 1230. The Hall–Kier alpha value is -2.63. The van der Waals surface area contributed by atoms with E-state index in [0.717, 1.165) is 57.8 Å². The molecule has 12 heteroatoms. The minimum absolute atomic E-state index is 0.160. The Morgan fingerprint density at radius 2 is 1.33 bits per heavy atom. The van der Waals surface area contributed by atoms with Crippen LogP contribution in [-0.2, 0) is 28.2 Å². The van der Waals surface area contributed by atoms with Gasteiger partial charge in [-0.05, 0) is 70.1 Å². The van der Waals surface area contributed by atoms with Gasteiger partial charge in [-0.3, -0.25) is 14.1 Å². The Balaban J connectivity index is 2.36. The highest BCUT2D eigenvalue weighted by atomic mass is 31.2. The zero-order valence-electron chi connectivity index (χ0n) is 33.4. The number of carbonyl (C=O) groups is 2. The average molecular weight is 795 g/mol. The van der Waals surface area contributed by atoms with Gasteiger partial charge in [0.2, 0.25) is 0 Å². The lowest BCUT2D eigenvalue weighted by atomic mass is 9.89. The number of esters is 2. The smallest absolute Gasteiger partial charge is 0.462 e. The first-order valence-electron chi connectivity index (χ1n) is 20.5. The summed E-state index contributed by atoms with van der Waals surface area (Å²) in [6.07, 6.45) is 36.1. The van der Waals surface area contributed by atoms with Crippen molar-refractivity contribution in [2.24, 2.45) is 11.8 Å². The van der Waals surface area contributed by atoms with Crippen LogP contribution in [0.3, 0.4) is 0 Å². The molecule has 6 atom stereocenters. The first-order chi connectivity index (χ1) is 26.5. The van der Waals surface area contributed by atoms with Crippen LogP contribution in [0.1, 0.15) is 136 Å². The summed E-state index contributed by atoms with van der Waals surface area (Å²) in [5, 5.41) is 31.2. The fraction of sp³-hybridized carbons (Fsp3) is 0.674. The minimum Gasteiger partial charge on any atom is -0.462 e. The molecular weight excluding hydrogens is 723 g/mol. The van der Waals surface area contributed by atoms with E-state index in [9.17, 15) is 29.5 Å². The topological polar surface area (TPSA) is 180 Å². The second kappa shape index (κ2) is 32.5. The van der Waals surface area contributed by atoms with E-state index in [1.54, 1.807) is 24.3 Å². The third-order valence-electron chi connectivity index (χ3n) is 9.30. The van der Waals surface area contributed by atoms with Crippen molar-refractivity contribution in [1.82, 2.24) is 0 Å². The average Bonchev–Trinajstić information content (AvgIpc) is 3.41. The van der Waals surface area contributed by atoms with Gasteiger partial charge in [0, 0.05) is 18.8 Å². The van der Waals surface area contributed by atoms with E-state index < -0.39 is 57.4 Å². The lowest BCUT2D eigenvalue weighted by Gasteiger charge is -2.20. The summed E-state index contributed by atoms with van der Waals surface area (Å²) in [6.45, 7) is 3.23. The predicted octanol–water partition coefficient (Wildman–Crippen LogP) is 8.67. The molecule has 55 heavy (non-hydrogen) atoms. The lowest BCUT2D eigenvalue weighted by Crippen LogP contribution is -2.29. The Morgan fingerprint density at radius 3 is 1.95 bits per heavy atom. The fourth-order valence-electron chi connectivity index (χ4n) is 6.15. The maximum Gasteiger partial charge on any atom is 0.469 e. The van der Waals surface area contributed by atoms with E-state index in [-0.39, 0.29) is 31.1 Å². The minimum atomic E-state index is -4.86. The van der Waals surface area contributed by atoms with Crippen molar-refractivity contribution in [3.63, 3.8) is 0 Å². The van der Waals surface area contributed by atoms with Crippen LogP contribution in [0.25, 0.3) is 0 Å². The summed E-state index contributed by atoms with van der Waals surface area (Å²) in [5.74, 6) is -1.88. The van der Waals surface area contributed by atoms with Gasteiger partial charge in [-0.1, -0.05) is 125 Å². The van der Waals surface area contributed by atoms with E-state index >= 15 is 0 Å². The maximum absolute atomic E-state index is 12.5. The summed E-state index contributed by atoms with van der Waals surface area (Å²) in [7, 11) is -4.86. The van der Waals surface area contributed by atoms with Gasteiger partial charge in [-0.2, -0.15) is 0 Å². The summed E-state index contributed by atoms with van der Waals surface area (Å²) >= 11 is 0. The molecule has 0 aromatic carbocycles. The molecule has 0 radical (unpaired) electrons. The SMILES string of the molecule is CCCCC/C=C\C/C=C\C/C=C\C/C=C\CCCCCC(=O)OC[C@H](COP(=O)(O)O)OC(=O)C/C=C\C[C@H]1[C@@H](/C=C/[C@H](O)CCCCC)[C@H](O)C[C@@H]1O. The van der Waals surface area contributed by atoms with Gasteiger partial charge >= 0.3 is 19.8 Å². The molecule has 1 aliphatic rings.